The number of nitrogens with one attached hydrogen (secondary N) is 3. The molecule has 1 aromatic carbocycles. The molecule has 0 spiro atoms. The molecule has 0 radical (unpaired) electrons. The first-order chi connectivity index (χ1) is 14.5. The van der Waals surface area contributed by atoms with Crippen molar-refractivity contribution in [1.82, 2.24) is 25.3 Å². The fourth-order valence-corrected chi connectivity index (χ4v) is 3.62. The lowest BCUT2D eigenvalue weighted by atomic mass is 9.99. The summed E-state index contributed by atoms with van der Waals surface area (Å²) in [6.45, 7) is 4.82. The van der Waals surface area contributed by atoms with Gasteiger partial charge in [-0.25, -0.2) is 19.7 Å². The van der Waals surface area contributed by atoms with Crippen LogP contribution in [-0.2, 0) is 11.2 Å². The van der Waals surface area contributed by atoms with Gasteiger partial charge in [0.15, 0.2) is 0 Å². The number of H-pyrrole nitrogens is 1. The van der Waals surface area contributed by atoms with Crippen LogP contribution in [0.1, 0.15) is 44.2 Å². The molecule has 1 unspecified atom stereocenters. The van der Waals surface area contributed by atoms with E-state index < -0.39 is 6.10 Å². The van der Waals surface area contributed by atoms with Gasteiger partial charge in [0.2, 0.25) is 5.95 Å². The fraction of sp³-hybridized carbons (Fsp3) is 0.429. The fourth-order valence-electron chi connectivity index (χ4n) is 3.62. The first-order valence-electron chi connectivity index (χ1n) is 10.2. The first kappa shape index (κ1) is 20.2. The van der Waals surface area contributed by atoms with Gasteiger partial charge in [-0.05, 0) is 44.4 Å². The molecule has 2 amide bonds. The maximum Gasteiger partial charge on any atom is 0.321 e. The molecule has 3 heterocycles. The Kier molecular flexibility index (Phi) is 5.91. The Hall–Kier alpha value is -3.04. The molecular weight excluding hydrogens is 384 g/mol. The second-order valence-corrected chi connectivity index (χ2v) is 7.47. The van der Waals surface area contributed by atoms with Crippen LogP contribution in [0.15, 0.2) is 24.5 Å². The van der Waals surface area contributed by atoms with Crippen molar-refractivity contribution in [3.63, 3.8) is 0 Å². The van der Waals surface area contributed by atoms with E-state index in [-0.39, 0.29) is 12.1 Å². The molecule has 1 fully saturated rings. The number of amides is 2. The Morgan fingerprint density at radius 2 is 2.13 bits per heavy atom. The second kappa shape index (κ2) is 8.76. The van der Waals surface area contributed by atoms with Crippen LogP contribution in [0.5, 0.6) is 0 Å². The van der Waals surface area contributed by atoms with Crippen molar-refractivity contribution < 1.29 is 14.6 Å². The molecule has 2 aromatic heterocycles. The van der Waals surface area contributed by atoms with E-state index in [0.29, 0.717) is 24.7 Å². The van der Waals surface area contributed by atoms with Crippen LogP contribution in [0.4, 0.5) is 10.7 Å². The van der Waals surface area contributed by atoms with Crippen LogP contribution in [0.3, 0.4) is 0 Å². The SMILES string of the molecule is CCNC(=O)Nc1nc2c([C@H]3CCCO3)cc(-c3cnc(CC(C)O)nc3)cc2[nH]1. The van der Waals surface area contributed by atoms with Crippen LogP contribution in [-0.4, -0.2) is 50.3 Å². The lowest BCUT2D eigenvalue weighted by Crippen LogP contribution is -2.28. The molecule has 3 aromatic rings. The average Bonchev–Trinajstić information content (AvgIpc) is 3.37. The van der Waals surface area contributed by atoms with Crippen molar-refractivity contribution in [3.05, 3.63) is 35.9 Å². The van der Waals surface area contributed by atoms with Gasteiger partial charge < -0.3 is 20.1 Å². The van der Waals surface area contributed by atoms with E-state index in [9.17, 15) is 9.90 Å². The van der Waals surface area contributed by atoms with Crippen molar-refractivity contribution in [2.24, 2.45) is 0 Å². The van der Waals surface area contributed by atoms with Crippen molar-refractivity contribution in [2.75, 3.05) is 18.5 Å². The number of rotatable bonds is 6. The number of nitrogens with zero attached hydrogens (tertiary/aromatic N) is 3. The first-order valence-corrected chi connectivity index (χ1v) is 10.2. The zero-order chi connectivity index (χ0) is 21.1. The number of aromatic nitrogens is 4. The van der Waals surface area contributed by atoms with E-state index in [0.717, 1.165) is 47.2 Å². The number of ether oxygens (including phenoxy) is 1. The Morgan fingerprint density at radius 3 is 2.80 bits per heavy atom. The number of anilines is 1. The molecule has 158 valence electrons. The summed E-state index contributed by atoms with van der Waals surface area (Å²) in [5.41, 5.74) is 4.36. The highest BCUT2D eigenvalue weighted by atomic mass is 16.5. The highest BCUT2D eigenvalue weighted by molar-refractivity contribution is 5.92. The Labute approximate surface area is 174 Å². The number of carbonyl (C=O) groups excluding carboxylic acids is 1. The molecular formula is C21H26N6O3. The Morgan fingerprint density at radius 1 is 1.33 bits per heavy atom. The Bertz CT molecular complexity index is 1030. The van der Waals surface area contributed by atoms with E-state index in [4.69, 9.17) is 4.74 Å². The van der Waals surface area contributed by atoms with Crippen LogP contribution in [0, 0.1) is 0 Å². The third-order valence-corrected chi connectivity index (χ3v) is 4.98. The Balaban J connectivity index is 1.72. The summed E-state index contributed by atoms with van der Waals surface area (Å²) < 4.78 is 5.92. The highest BCUT2D eigenvalue weighted by Gasteiger charge is 2.23. The van der Waals surface area contributed by atoms with Gasteiger partial charge in [0.05, 0.1) is 23.2 Å². The number of hydrogen-bond acceptors (Lipinski definition) is 6. The summed E-state index contributed by atoms with van der Waals surface area (Å²) in [6, 6.07) is 3.72. The standard InChI is InChI=1S/C21H26N6O3/c1-3-22-21(29)27-20-25-16-9-13(14-10-23-18(24-11-14)7-12(2)28)8-15(19(16)26-20)17-5-4-6-30-17/h8-12,17,28H,3-7H2,1-2H3,(H3,22,25,26,27,29)/t12?,17-/m1/s1. The van der Waals surface area contributed by atoms with Crippen LogP contribution in [0.25, 0.3) is 22.2 Å². The number of carbonyl (C=O) groups is 1. The lowest BCUT2D eigenvalue weighted by molar-refractivity contribution is 0.113. The summed E-state index contributed by atoms with van der Waals surface area (Å²) in [4.78, 5) is 28.4. The number of fused-ring (bicyclic) bond motifs is 1. The molecule has 9 nitrogen and oxygen atoms in total. The molecule has 0 bridgehead atoms. The maximum absolute atomic E-state index is 11.9. The highest BCUT2D eigenvalue weighted by Crippen LogP contribution is 2.36. The van der Waals surface area contributed by atoms with Gasteiger partial charge in [-0.3, -0.25) is 5.32 Å². The molecule has 0 aliphatic carbocycles. The normalized spacial score (nSPS) is 17.2. The van der Waals surface area contributed by atoms with Crippen molar-refractivity contribution in [2.45, 2.75) is 45.3 Å². The third kappa shape index (κ3) is 4.42. The van der Waals surface area contributed by atoms with Crippen molar-refractivity contribution in [1.29, 1.82) is 0 Å². The van der Waals surface area contributed by atoms with Crippen molar-refractivity contribution >= 4 is 23.0 Å². The number of benzene rings is 1. The zero-order valence-electron chi connectivity index (χ0n) is 17.1. The number of aromatic amines is 1. The van der Waals surface area contributed by atoms with Crippen LogP contribution < -0.4 is 10.6 Å². The molecule has 4 rings (SSSR count). The van der Waals surface area contributed by atoms with Gasteiger partial charge in [-0.15, -0.1) is 0 Å². The maximum atomic E-state index is 11.9. The minimum atomic E-state index is -0.487. The van der Waals surface area contributed by atoms with Gasteiger partial charge in [-0.1, -0.05) is 0 Å². The van der Waals surface area contributed by atoms with E-state index >= 15 is 0 Å². The van der Waals surface area contributed by atoms with E-state index in [1.165, 1.54) is 0 Å². The number of hydrogen-bond donors (Lipinski definition) is 4. The van der Waals surface area contributed by atoms with Gasteiger partial charge >= 0.3 is 6.03 Å². The molecule has 2 atom stereocenters. The largest absolute Gasteiger partial charge is 0.393 e. The molecule has 9 heteroatoms. The van der Waals surface area contributed by atoms with E-state index in [1.807, 2.05) is 13.0 Å². The van der Waals surface area contributed by atoms with E-state index in [1.54, 1.807) is 19.3 Å². The van der Waals surface area contributed by atoms with Gasteiger partial charge in [0, 0.05) is 43.1 Å². The topological polar surface area (TPSA) is 125 Å². The summed E-state index contributed by atoms with van der Waals surface area (Å²) in [6.07, 6.45) is 5.33. The average molecular weight is 410 g/mol. The summed E-state index contributed by atoms with van der Waals surface area (Å²) >= 11 is 0. The summed E-state index contributed by atoms with van der Waals surface area (Å²) in [7, 11) is 0. The summed E-state index contributed by atoms with van der Waals surface area (Å²) in [5, 5.41) is 15.0. The number of aliphatic hydroxyl groups is 1. The smallest absolute Gasteiger partial charge is 0.321 e. The number of urea groups is 1. The minimum Gasteiger partial charge on any atom is -0.393 e. The van der Waals surface area contributed by atoms with Gasteiger partial charge in [-0.2, -0.15) is 0 Å². The number of aliphatic hydroxyl groups excluding tert-OH is 1. The van der Waals surface area contributed by atoms with Gasteiger partial charge in [0.25, 0.3) is 0 Å². The molecule has 4 N–H and O–H groups in total. The van der Waals surface area contributed by atoms with E-state index in [2.05, 4.69) is 36.6 Å². The van der Waals surface area contributed by atoms with Crippen LogP contribution >= 0.6 is 0 Å². The van der Waals surface area contributed by atoms with Crippen molar-refractivity contribution in [3.8, 4) is 11.1 Å². The molecule has 1 aliphatic heterocycles. The molecule has 1 aliphatic rings. The lowest BCUT2D eigenvalue weighted by Gasteiger charge is -2.13. The van der Waals surface area contributed by atoms with Gasteiger partial charge in [0.1, 0.15) is 5.82 Å². The third-order valence-electron chi connectivity index (χ3n) is 4.98. The predicted octanol–water partition coefficient (Wildman–Crippen LogP) is 2.94. The minimum absolute atomic E-state index is 0.0384. The molecule has 1 saturated heterocycles. The quantitative estimate of drug-likeness (QED) is 0.495. The van der Waals surface area contributed by atoms with Crippen LogP contribution in [0.2, 0.25) is 0 Å². The monoisotopic (exact) mass is 410 g/mol. The second-order valence-electron chi connectivity index (χ2n) is 7.47. The summed E-state index contributed by atoms with van der Waals surface area (Å²) in [5.74, 6) is 0.986. The molecule has 0 saturated carbocycles. The predicted molar refractivity (Wildman–Crippen MR) is 113 cm³/mol. The zero-order valence-corrected chi connectivity index (χ0v) is 17.1. The molecule has 30 heavy (non-hydrogen) atoms. The number of imidazole rings is 1.